The number of anilines is 3. The van der Waals surface area contributed by atoms with Gasteiger partial charge in [0, 0.05) is 45.0 Å². The molecule has 3 heterocycles. The number of hydrogen-bond acceptors (Lipinski definition) is 8. The lowest BCUT2D eigenvalue weighted by Gasteiger charge is -2.28. The summed E-state index contributed by atoms with van der Waals surface area (Å²) >= 11 is 0. The van der Waals surface area contributed by atoms with Gasteiger partial charge in [-0.25, -0.2) is 9.78 Å². The van der Waals surface area contributed by atoms with E-state index in [9.17, 15) is 9.59 Å². The number of nitrogen functional groups attached to an aromatic ring is 1. The smallest absolute Gasteiger partial charge is 0.322 e. The second-order valence-corrected chi connectivity index (χ2v) is 8.84. The van der Waals surface area contributed by atoms with Crippen molar-refractivity contribution in [2.45, 2.75) is 13.0 Å². The van der Waals surface area contributed by atoms with Crippen molar-refractivity contribution >= 4 is 29.0 Å². The Hall–Kier alpha value is -4.22. The second kappa shape index (κ2) is 13.4. The zero-order chi connectivity index (χ0) is 26.7. The number of carbonyl (C=O) groups is 2. The molecule has 0 aliphatic carbocycles. The maximum absolute atomic E-state index is 13.2. The first-order valence-electron chi connectivity index (χ1n) is 12.5. The quantitative estimate of drug-likeness (QED) is 0.348. The molecule has 11 heteroatoms. The highest BCUT2D eigenvalue weighted by Gasteiger charge is 2.17. The summed E-state index contributed by atoms with van der Waals surface area (Å²) in [5.41, 5.74) is 8.54. The number of urea groups is 1. The van der Waals surface area contributed by atoms with Crippen LogP contribution in [0.4, 0.5) is 21.9 Å². The molecule has 0 unspecified atom stereocenters. The highest BCUT2D eigenvalue weighted by Crippen LogP contribution is 2.18. The molecular formula is C27H33N7O4. The van der Waals surface area contributed by atoms with Gasteiger partial charge in [0.05, 0.1) is 43.6 Å². The fraction of sp³-hybridized carbons (Fsp3) is 0.333. The van der Waals surface area contributed by atoms with Gasteiger partial charge in [-0.15, -0.1) is 0 Å². The molecule has 4 rings (SSSR count). The van der Waals surface area contributed by atoms with Gasteiger partial charge >= 0.3 is 6.03 Å². The molecule has 0 bridgehead atoms. The Balaban J connectivity index is 1.40. The number of pyridine rings is 2. The number of carbonyl (C=O) groups excluding carboxylic acids is 2. The van der Waals surface area contributed by atoms with Crippen molar-refractivity contribution in [2.24, 2.45) is 0 Å². The molecule has 2 aromatic heterocycles. The molecule has 11 nitrogen and oxygen atoms in total. The van der Waals surface area contributed by atoms with E-state index in [-0.39, 0.29) is 17.6 Å². The number of para-hydroxylation sites is 2. The van der Waals surface area contributed by atoms with Crippen molar-refractivity contribution in [3.63, 3.8) is 0 Å². The number of methoxy groups -OCH3 is 1. The lowest BCUT2D eigenvalue weighted by molar-refractivity contribution is 0.0365. The first-order chi connectivity index (χ1) is 18.5. The normalized spacial score (nSPS) is 13.5. The zero-order valence-electron chi connectivity index (χ0n) is 21.4. The Morgan fingerprint density at radius 2 is 1.87 bits per heavy atom. The fourth-order valence-electron chi connectivity index (χ4n) is 4.01. The Kier molecular flexibility index (Phi) is 9.43. The molecule has 0 saturated carbocycles. The summed E-state index contributed by atoms with van der Waals surface area (Å²) < 4.78 is 10.5. The van der Waals surface area contributed by atoms with E-state index in [1.165, 1.54) is 7.11 Å². The number of nitrogens with two attached hydrogens (primary N) is 1. The fourth-order valence-corrected chi connectivity index (χ4v) is 4.01. The molecule has 38 heavy (non-hydrogen) atoms. The monoisotopic (exact) mass is 519 g/mol. The van der Waals surface area contributed by atoms with Crippen molar-refractivity contribution in [1.29, 1.82) is 0 Å². The van der Waals surface area contributed by atoms with Gasteiger partial charge in [0.2, 0.25) is 5.88 Å². The predicted octanol–water partition coefficient (Wildman–Crippen LogP) is 3.08. The van der Waals surface area contributed by atoms with Gasteiger partial charge in [0.25, 0.3) is 5.91 Å². The zero-order valence-corrected chi connectivity index (χ0v) is 21.4. The SMILES string of the molecule is COc1ccc(NC(=O)N(CCCN2CCOCC2)Cc2ccc(C(=O)Nc3ccccc3N)nc2)cn1. The summed E-state index contributed by atoms with van der Waals surface area (Å²) in [4.78, 5) is 38.3. The van der Waals surface area contributed by atoms with Crippen LogP contribution in [0.3, 0.4) is 0 Å². The van der Waals surface area contributed by atoms with E-state index in [1.807, 2.05) is 0 Å². The predicted molar refractivity (Wildman–Crippen MR) is 145 cm³/mol. The number of morpholine rings is 1. The summed E-state index contributed by atoms with van der Waals surface area (Å²) in [6.45, 7) is 5.00. The highest BCUT2D eigenvalue weighted by molar-refractivity contribution is 6.04. The van der Waals surface area contributed by atoms with Crippen molar-refractivity contribution in [3.05, 3.63) is 72.2 Å². The molecule has 1 saturated heterocycles. The summed E-state index contributed by atoms with van der Waals surface area (Å²) in [5.74, 6) is 0.108. The van der Waals surface area contributed by atoms with E-state index >= 15 is 0 Å². The Bertz CT molecular complexity index is 1200. The minimum atomic E-state index is -0.360. The average Bonchev–Trinajstić information content (AvgIpc) is 2.95. The topological polar surface area (TPSA) is 135 Å². The number of nitrogens with one attached hydrogen (secondary N) is 2. The van der Waals surface area contributed by atoms with Gasteiger partial charge in [-0.1, -0.05) is 18.2 Å². The maximum Gasteiger partial charge on any atom is 0.322 e. The molecular weight excluding hydrogens is 486 g/mol. The Morgan fingerprint density at radius 3 is 2.55 bits per heavy atom. The molecule has 3 aromatic rings. The molecule has 0 atom stereocenters. The number of rotatable bonds is 10. The van der Waals surface area contributed by atoms with E-state index in [0.29, 0.717) is 36.0 Å². The third-order valence-electron chi connectivity index (χ3n) is 6.13. The van der Waals surface area contributed by atoms with Crippen LogP contribution in [0.5, 0.6) is 5.88 Å². The molecule has 0 spiro atoms. The lowest BCUT2D eigenvalue weighted by atomic mass is 10.2. The van der Waals surface area contributed by atoms with Crippen LogP contribution in [0.2, 0.25) is 0 Å². The molecule has 1 aromatic carbocycles. The first kappa shape index (κ1) is 26.8. The number of aromatic nitrogens is 2. The van der Waals surface area contributed by atoms with E-state index in [0.717, 1.165) is 44.8 Å². The second-order valence-electron chi connectivity index (χ2n) is 8.84. The van der Waals surface area contributed by atoms with Crippen LogP contribution in [0.15, 0.2) is 60.9 Å². The Labute approximate surface area is 222 Å². The number of nitrogens with zero attached hydrogens (tertiary/aromatic N) is 4. The van der Waals surface area contributed by atoms with Crippen LogP contribution >= 0.6 is 0 Å². The van der Waals surface area contributed by atoms with E-state index < -0.39 is 0 Å². The van der Waals surface area contributed by atoms with Crippen LogP contribution in [-0.4, -0.2) is 78.2 Å². The molecule has 1 fully saturated rings. The molecule has 3 amide bonds. The number of benzene rings is 1. The number of ether oxygens (including phenoxy) is 2. The summed E-state index contributed by atoms with van der Waals surface area (Å²) in [6, 6.07) is 13.7. The Morgan fingerprint density at radius 1 is 1.05 bits per heavy atom. The first-order valence-corrected chi connectivity index (χ1v) is 12.5. The van der Waals surface area contributed by atoms with Gasteiger partial charge in [-0.2, -0.15) is 0 Å². The van der Waals surface area contributed by atoms with Gasteiger partial charge in [0.15, 0.2) is 0 Å². The van der Waals surface area contributed by atoms with Crippen molar-refractivity contribution < 1.29 is 19.1 Å². The molecule has 4 N–H and O–H groups in total. The van der Waals surface area contributed by atoms with Crippen LogP contribution in [-0.2, 0) is 11.3 Å². The van der Waals surface area contributed by atoms with Gasteiger partial charge < -0.3 is 30.7 Å². The highest BCUT2D eigenvalue weighted by atomic mass is 16.5. The van der Waals surface area contributed by atoms with Crippen LogP contribution < -0.4 is 21.1 Å². The summed E-state index contributed by atoms with van der Waals surface area (Å²) in [5, 5.41) is 5.67. The maximum atomic E-state index is 13.2. The van der Waals surface area contributed by atoms with E-state index in [1.54, 1.807) is 65.8 Å². The number of amides is 3. The molecule has 1 aliphatic heterocycles. The van der Waals surface area contributed by atoms with Crippen molar-refractivity contribution in [3.8, 4) is 5.88 Å². The number of hydrogen-bond donors (Lipinski definition) is 3. The third-order valence-corrected chi connectivity index (χ3v) is 6.13. The van der Waals surface area contributed by atoms with E-state index in [2.05, 4.69) is 25.5 Å². The summed E-state index contributed by atoms with van der Waals surface area (Å²) in [7, 11) is 1.54. The summed E-state index contributed by atoms with van der Waals surface area (Å²) in [6.07, 6.45) is 3.97. The molecule has 1 aliphatic rings. The van der Waals surface area contributed by atoms with E-state index in [4.69, 9.17) is 15.2 Å². The third kappa shape index (κ3) is 7.64. The molecule has 200 valence electrons. The minimum Gasteiger partial charge on any atom is -0.481 e. The van der Waals surface area contributed by atoms with Crippen LogP contribution in [0.1, 0.15) is 22.5 Å². The van der Waals surface area contributed by atoms with Crippen LogP contribution in [0.25, 0.3) is 0 Å². The van der Waals surface area contributed by atoms with Gasteiger partial charge in [-0.3, -0.25) is 14.7 Å². The largest absolute Gasteiger partial charge is 0.481 e. The standard InChI is InChI=1S/C27H33N7O4/c1-37-25-10-8-21(18-30-25)31-27(36)34(12-4-11-33-13-15-38-16-14-33)19-20-7-9-24(29-17-20)26(35)32-23-6-3-2-5-22(23)28/h2-3,5-10,17-18H,4,11-16,19,28H2,1H3,(H,31,36)(H,32,35). The van der Waals surface area contributed by atoms with Gasteiger partial charge in [-0.05, 0) is 36.2 Å². The van der Waals surface area contributed by atoms with Crippen molar-refractivity contribution in [2.75, 3.05) is 62.9 Å². The minimum absolute atomic E-state index is 0.250. The van der Waals surface area contributed by atoms with Crippen molar-refractivity contribution in [1.82, 2.24) is 19.8 Å². The average molecular weight is 520 g/mol. The lowest BCUT2D eigenvalue weighted by Crippen LogP contribution is -2.40. The van der Waals surface area contributed by atoms with Gasteiger partial charge in [0.1, 0.15) is 5.69 Å². The van der Waals surface area contributed by atoms with Crippen LogP contribution in [0, 0.1) is 0 Å². The molecule has 0 radical (unpaired) electrons.